The third-order valence-electron chi connectivity index (χ3n) is 15.7. The van der Waals surface area contributed by atoms with Crippen molar-refractivity contribution in [3.63, 3.8) is 0 Å². The molecule has 470 valence electrons. The zero-order valence-corrected chi connectivity index (χ0v) is 54.1. The molecule has 0 N–H and O–H groups in total. The van der Waals surface area contributed by atoms with Crippen molar-refractivity contribution in [2.24, 2.45) is 0 Å². The van der Waals surface area contributed by atoms with Gasteiger partial charge in [0.15, 0.2) is 6.10 Å². The van der Waals surface area contributed by atoms with Crippen molar-refractivity contribution in [3.8, 4) is 0 Å². The summed E-state index contributed by atoms with van der Waals surface area (Å²) in [5, 5.41) is 0. The Bertz CT molecular complexity index is 1490. The number of hydrogen-bond donors (Lipinski definition) is 0. The van der Waals surface area contributed by atoms with Gasteiger partial charge in [0.05, 0.1) is 0 Å². The molecule has 0 aliphatic carbocycles. The van der Waals surface area contributed by atoms with Gasteiger partial charge in [-0.1, -0.05) is 351 Å². The van der Waals surface area contributed by atoms with Crippen LogP contribution in [0.4, 0.5) is 0 Å². The standard InChI is InChI=1S/C75H134O6/c1-4-7-10-13-15-17-19-21-23-25-27-29-31-32-33-34-35-36-37-38-39-40-41-42-44-45-47-49-51-53-55-57-59-62-65-68-74(77)80-71-72(70-79-73(76)67-64-61-12-9-6-3)81-75(78)69-66-63-60-58-56-54-52-50-48-46-43-30-28-26-24-22-20-18-16-14-11-8-5-2/h8,11,16,18,22,24,28,30,46,48,52,54,72H,4-7,9-10,12-15,17,19-21,23,25-27,29,31-45,47,49-51,53,55-71H2,1-3H3/b11-8-,18-16-,24-22-,30-28-,48-46-,54-52-. The molecule has 6 nitrogen and oxygen atoms in total. The molecule has 6 heteroatoms. The van der Waals surface area contributed by atoms with Gasteiger partial charge in [0.2, 0.25) is 0 Å². The van der Waals surface area contributed by atoms with Crippen molar-refractivity contribution in [3.05, 3.63) is 72.9 Å². The van der Waals surface area contributed by atoms with Crippen molar-refractivity contribution < 1.29 is 28.6 Å². The summed E-state index contributed by atoms with van der Waals surface area (Å²) in [7, 11) is 0. The largest absolute Gasteiger partial charge is 0.462 e. The first-order valence-corrected chi connectivity index (χ1v) is 35.4. The summed E-state index contributed by atoms with van der Waals surface area (Å²) in [5.41, 5.74) is 0. The fourth-order valence-electron chi connectivity index (χ4n) is 10.5. The number of allylic oxidation sites excluding steroid dienone is 12. The van der Waals surface area contributed by atoms with Crippen LogP contribution < -0.4 is 0 Å². The van der Waals surface area contributed by atoms with E-state index in [-0.39, 0.29) is 31.1 Å². The first-order valence-electron chi connectivity index (χ1n) is 35.4. The van der Waals surface area contributed by atoms with Gasteiger partial charge >= 0.3 is 17.9 Å². The van der Waals surface area contributed by atoms with Crippen LogP contribution in [0, 0.1) is 0 Å². The third kappa shape index (κ3) is 67.5. The molecule has 0 aromatic rings. The maximum Gasteiger partial charge on any atom is 0.306 e. The van der Waals surface area contributed by atoms with E-state index in [0.29, 0.717) is 19.3 Å². The minimum atomic E-state index is -0.786. The lowest BCUT2D eigenvalue weighted by atomic mass is 10.0. The molecule has 0 aliphatic heterocycles. The minimum absolute atomic E-state index is 0.0833. The van der Waals surface area contributed by atoms with Gasteiger partial charge < -0.3 is 14.2 Å². The molecule has 0 fully saturated rings. The predicted octanol–water partition coefficient (Wildman–Crippen LogP) is 24.4. The average Bonchev–Trinajstić information content (AvgIpc) is 3.47. The summed E-state index contributed by atoms with van der Waals surface area (Å²) in [5.74, 6) is -0.908. The summed E-state index contributed by atoms with van der Waals surface area (Å²) in [6.07, 6.45) is 91.5. The fraction of sp³-hybridized carbons (Fsp3) is 0.800. The Morgan fingerprint density at radius 2 is 0.481 bits per heavy atom. The number of esters is 3. The molecule has 81 heavy (non-hydrogen) atoms. The summed E-state index contributed by atoms with van der Waals surface area (Å²) in [4.78, 5) is 38.0. The molecule has 0 aromatic carbocycles. The predicted molar refractivity (Wildman–Crippen MR) is 353 cm³/mol. The Kier molecular flexibility index (Phi) is 66.6. The number of carbonyl (C=O) groups is 3. The van der Waals surface area contributed by atoms with E-state index in [2.05, 4.69) is 93.7 Å². The Morgan fingerprint density at radius 3 is 0.753 bits per heavy atom. The van der Waals surface area contributed by atoms with E-state index in [1.165, 1.54) is 212 Å². The second-order valence-corrected chi connectivity index (χ2v) is 23.8. The SMILES string of the molecule is CC/C=C\C/C=C\C/C=C\C/C=C\C/C=C\C/C=C\CCCCCCC(=O)OC(COC(=O)CCCCCCC)COC(=O)CCCCCCCCCCCCCCCCCCCCCCCCCCCCCCCCCCCCC. The van der Waals surface area contributed by atoms with E-state index in [1.54, 1.807) is 0 Å². The van der Waals surface area contributed by atoms with Crippen LogP contribution >= 0.6 is 0 Å². The lowest BCUT2D eigenvalue weighted by molar-refractivity contribution is -0.167. The molecule has 0 saturated heterocycles. The van der Waals surface area contributed by atoms with Gasteiger partial charge in [-0.2, -0.15) is 0 Å². The maximum absolute atomic E-state index is 12.8. The molecule has 1 atom stereocenters. The lowest BCUT2D eigenvalue weighted by Crippen LogP contribution is -2.30. The van der Waals surface area contributed by atoms with Crippen LogP contribution in [0.5, 0.6) is 0 Å². The zero-order chi connectivity index (χ0) is 58.5. The number of ether oxygens (including phenoxy) is 3. The first kappa shape index (κ1) is 77.9. The zero-order valence-electron chi connectivity index (χ0n) is 54.1. The number of rotatable bonds is 65. The molecule has 0 bridgehead atoms. The molecule has 0 rings (SSSR count). The lowest BCUT2D eigenvalue weighted by Gasteiger charge is -2.18. The highest BCUT2D eigenvalue weighted by atomic mass is 16.6. The second kappa shape index (κ2) is 69.3. The Morgan fingerprint density at radius 1 is 0.259 bits per heavy atom. The van der Waals surface area contributed by atoms with Crippen molar-refractivity contribution in [1.29, 1.82) is 0 Å². The van der Waals surface area contributed by atoms with E-state index in [9.17, 15) is 14.4 Å². The summed E-state index contributed by atoms with van der Waals surface area (Å²) in [6, 6.07) is 0. The van der Waals surface area contributed by atoms with Crippen LogP contribution in [0.1, 0.15) is 367 Å². The number of unbranched alkanes of at least 4 members (excludes halogenated alkanes) is 42. The third-order valence-corrected chi connectivity index (χ3v) is 15.7. The first-order chi connectivity index (χ1) is 40.0. The van der Waals surface area contributed by atoms with Crippen LogP contribution in [-0.2, 0) is 28.6 Å². The molecule has 0 heterocycles. The topological polar surface area (TPSA) is 78.9 Å². The quantitative estimate of drug-likeness (QED) is 0.0261. The van der Waals surface area contributed by atoms with Crippen LogP contribution in [0.25, 0.3) is 0 Å². The van der Waals surface area contributed by atoms with Crippen LogP contribution in [-0.4, -0.2) is 37.2 Å². The van der Waals surface area contributed by atoms with E-state index in [4.69, 9.17) is 14.2 Å². The summed E-state index contributed by atoms with van der Waals surface area (Å²) in [6.45, 7) is 6.47. The van der Waals surface area contributed by atoms with Crippen LogP contribution in [0.15, 0.2) is 72.9 Å². The summed E-state index contributed by atoms with van der Waals surface area (Å²) < 4.78 is 16.8. The number of hydrogen-bond acceptors (Lipinski definition) is 6. The highest BCUT2D eigenvalue weighted by molar-refractivity contribution is 5.71. The molecule has 0 saturated carbocycles. The smallest absolute Gasteiger partial charge is 0.306 e. The van der Waals surface area contributed by atoms with Crippen LogP contribution in [0.3, 0.4) is 0 Å². The van der Waals surface area contributed by atoms with E-state index in [1.807, 2.05) is 0 Å². The van der Waals surface area contributed by atoms with Gasteiger partial charge in [-0.3, -0.25) is 14.4 Å². The van der Waals surface area contributed by atoms with Crippen molar-refractivity contribution >= 4 is 17.9 Å². The van der Waals surface area contributed by atoms with Gasteiger partial charge in [0.25, 0.3) is 0 Å². The van der Waals surface area contributed by atoms with Crippen molar-refractivity contribution in [1.82, 2.24) is 0 Å². The monoisotopic (exact) mass is 1130 g/mol. The summed E-state index contributed by atoms with van der Waals surface area (Å²) >= 11 is 0. The normalized spacial score (nSPS) is 12.5. The highest BCUT2D eigenvalue weighted by Crippen LogP contribution is 2.18. The molecule has 0 aliphatic rings. The Labute approximate surface area is 503 Å². The molecule has 0 amide bonds. The molecule has 1 unspecified atom stereocenters. The second-order valence-electron chi connectivity index (χ2n) is 23.8. The van der Waals surface area contributed by atoms with Crippen molar-refractivity contribution in [2.45, 2.75) is 374 Å². The van der Waals surface area contributed by atoms with Gasteiger partial charge in [-0.05, 0) is 70.6 Å². The Hall–Kier alpha value is -3.15. The molecular weight excluding hydrogens is 997 g/mol. The fourth-order valence-corrected chi connectivity index (χ4v) is 10.5. The number of carbonyl (C=O) groups excluding carboxylic acids is 3. The van der Waals surface area contributed by atoms with Gasteiger partial charge in [-0.15, -0.1) is 0 Å². The van der Waals surface area contributed by atoms with Gasteiger partial charge in [-0.25, -0.2) is 0 Å². The minimum Gasteiger partial charge on any atom is -0.462 e. The maximum atomic E-state index is 12.8. The molecule has 0 aromatic heterocycles. The molecule has 0 spiro atoms. The van der Waals surface area contributed by atoms with Gasteiger partial charge in [0, 0.05) is 19.3 Å². The van der Waals surface area contributed by atoms with Gasteiger partial charge in [0.1, 0.15) is 13.2 Å². The van der Waals surface area contributed by atoms with E-state index >= 15 is 0 Å². The Balaban J connectivity index is 3.93. The molecular formula is C75H134O6. The highest BCUT2D eigenvalue weighted by Gasteiger charge is 2.19. The van der Waals surface area contributed by atoms with Crippen LogP contribution in [0.2, 0.25) is 0 Å². The van der Waals surface area contributed by atoms with E-state index in [0.717, 1.165) is 116 Å². The van der Waals surface area contributed by atoms with E-state index < -0.39 is 6.10 Å². The average molecular weight is 1130 g/mol. The van der Waals surface area contributed by atoms with Crippen molar-refractivity contribution in [2.75, 3.05) is 13.2 Å². The molecule has 0 radical (unpaired) electrons.